The lowest BCUT2D eigenvalue weighted by Gasteiger charge is -2.11. The summed E-state index contributed by atoms with van der Waals surface area (Å²) in [5.41, 5.74) is 0.882. The minimum absolute atomic E-state index is 0.265. The number of halogens is 1. The lowest BCUT2D eigenvalue weighted by atomic mass is 10.2. The molecule has 0 amide bonds. The maximum absolute atomic E-state index is 13.7. The molecule has 0 saturated heterocycles. The van der Waals surface area contributed by atoms with Gasteiger partial charge in [0.2, 0.25) is 0 Å². The van der Waals surface area contributed by atoms with Crippen LogP contribution in [0.3, 0.4) is 0 Å². The van der Waals surface area contributed by atoms with Gasteiger partial charge in [-0.25, -0.2) is 9.37 Å². The van der Waals surface area contributed by atoms with E-state index >= 15 is 0 Å². The van der Waals surface area contributed by atoms with Gasteiger partial charge in [0, 0.05) is 25.0 Å². The first kappa shape index (κ1) is 14.5. The van der Waals surface area contributed by atoms with E-state index < -0.39 is 0 Å². The predicted octanol–water partition coefficient (Wildman–Crippen LogP) is 2.58. The van der Waals surface area contributed by atoms with E-state index in [0.29, 0.717) is 19.1 Å². The quantitative estimate of drug-likeness (QED) is 0.882. The summed E-state index contributed by atoms with van der Waals surface area (Å²) >= 11 is 0. The van der Waals surface area contributed by atoms with Gasteiger partial charge >= 0.3 is 0 Å². The molecule has 2 rings (SSSR count). The molecule has 1 aromatic heterocycles. The minimum Gasteiger partial charge on any atom is -0.494 e. The fourth-order valence-electron chi connectivity index (χ4n) is 1.95. The fourth-order valence-corrected chi connectivity index (χ4v) is 1.95. The Bertz CT molecular complexity index is 566. The highest BCUT2D eigenvalue weighted by molar-refractivity contribution is 5.29. The molecule has 1 aromatic carbocycles. The van der Waals surface area contributed by atoms with E-state index in [-0.39, 0.29) is 11.6 Å². The zero-order valence-corrected chi connectivity index (χ0v) is 12.1. The van der Waals surface area contributed by atoms with Crippen LogP contribution >= 0.6 is 0 Å². The van der Waals surface area contributed by atoms with E-state index in [1.54, 1.807) is 12.3 Å². The van der Waals surface area contributed by atoms with E-state index in [4.69, 9.17) is 4.74 Å². The van der Waals surface area contributed by atoms with Gasteiger partial charge in [0.15, 0.2) is 11.6 Å². The highest BCUT2D eigenvalue weighted by Gasteiger charge is 2.07. The summed E-state index contributed by atoms with van der Waals surface area (Å²) in [7, 11) is 1.46. The number of methoxy groups -OCH3 is 1. The molecule has 0 spiro atoms. The summed E-state index contributed by atoms with van der Waals surface area (Å²) in [5, 5.41) is 3.33. The molecule has 0 bridgehead atoms. The van der Waals surface area contributed by atoms with Crippen molar-refractivity contribution in [3.63, 3.8) is 0 Å². The lowest BCUT2D eigenvalue weighted by molar-refractivity contribution is 0.386. The van der Waals surface area contributed by atoms with E-state index in [1.807, 2.05) is 16.8 Å². The topological polar surface area (TPSA) is 39.1 Å². The first-order chi connectivity index (χ1) is 9.60. The Labute approximate surface area is 118 Å². The average Bonchev–Trinajstić information content (AvgIpc) is 2.84. The Morgan fingerprint density at radius 1 is 1.40 bits per heavy atom. The SMILES string of the molecule is COc1ccc(Cn2ccnc2CNC(C)C)cc1F. The molecular formula is C15H20FN3O. The van der Waals surface area contributed by atoms with Crippen molar-refractivity contribution in [3.05, 3.63) is 47.8 Å². The molecule has 0 atom stereocenters. The van der Waals surface area contributed by atoms with Gasteiger partial charge in [-0.3, -0.25) is 0 Å². The van der Waals surface area contributed by atoms with Crippen molar-refractivity contribution < 1.29 is 9.13 Å². The normalized spacial score (nSPS) is 11.1. The highest BCUT2D eigenvalue weighted by Crippen LogP contribution is 2.18. The Balaban J connectivity index is 2.10. The van der Waals surface area contributed by atoms with Gasteiger partial charge in [-0.2, -0.15) is 0 Å². The van der Waals surface area contributed by atoms with Crippen LogP contribution in [0.5, 0.6) is 5.75 Å². The van der Waals surface area contributed by atoms with Crippen molar-refractivity contribution in [2.75, 3.05) is 7.11 Å². The van der Waals surface area contributed by atoms with Crippen molar-refractivity contribution in [1.29, 1.82) is 0 Å². The molecule has 4 nitrogen and oxygen atoms in total. The summed E-state index contributed by atoms with van der Waals surface area (Å²) in [4.78, 5) is 4.32. The molecule has 2 aromatic rings. The molecule has 0 radical (unpaired) electrons. The largest absolute Gasteiger partial charge is 0.494 e. The van der Waals surface area contributed by atoms with Crippen LogP contribution in [0.2, 0.25) is 0 Å². The zero-order chi connectivity index (χ0) is 14.5. The molecule has 0 unspecified atom stereocenters. The first-order valence-electron chi connectivity index (χ1n) is 6.66. The average molecular weight is 277 g/mol. The molecule has 5 heteroatoms. The van der Waals surface area contributed by atoms with E-state index in [9.17, 15) is 4.39 Å². The van der Waals surface area contributed by atoms with Gasteiger partial charge in [0.05, 0.1) is 13.7 Å². The van der Waals surface area contributed by atoms with E-state index in [0.717, 1.165) is 11.4 Å². The number of rotatable bonds is 6. The van der Waals surface area contributed by atoms with Crippen molar-refractivity contribution >= 4 is 0 Å². The summed E-state index contributed by atoms with van der Waals surface area (Å²) in [6.45, 7) is 5.47. The second kappa shape index (κ2) is 6.52. The molecule has 0 aliphatic heterocycles. The van der Waals surface area contributed by atoms with Gasteiger partial charge < -0.3 is 14.6 Å². The smallest absolute Gasteiger partial charge is 0.165 e. The third-order valence-corrected chi connectivity index (χ3v) is 3.04. The number of aromatic nitrogens is 2. The number of nitrogens with zero attached hydrogens (tertiary/aromatic N) is 2. The Kier molecular flexibility index (Phi) is 4.74. The first-order valence-corrected chi connectivity index (χ1v) is 6.66. The van der Waals surface area contributed by atoms with Gasteiger partial charge in [-0.05, 0) is 17.7 Å². The zero-order valence-electron chi connectivity index (χ0n) is 12.1. The van der Waals surface area contributed by atoms with Gasteiger partial charge in [0.1, 0.15) is 5.82 Å². The third-order valence-electron chi connectivity index (χ3n) is 3.04. The molecule has 0 saturated carbocycles. The molecule has 0 aliphatic rings. The number of imidazole rings is 1. The number of benzene rings is 1. The lowest BCUT2D eigenvalue weighted by Crippen LogP contribution is -2.24. The highest BCUT2D eigenvalue weighted by atomic mass is 19.1. The molecule has 0 fully saturated rings. The second-order valence-corrected chi connectivity index (χ2v) is 4.98. The van der Waals surface area contributed by atoms with E-state index in [2.05, 4.69) is 24.1 Å². The van der Waals surface area contributed by atoms with Crippen LogP contribution in [0, 0.1) is 5.82 Å². The Morgan fingerprint density at radius 2 is 2.20 bits per heavy atom. The Morgan fingerprint density at radius 3 is 2.85 bits per heavy atom. The van der Waals surface area contributed by atoms with Crippen molar-refractivity contribution in [3.8, 4) is 5.75 Å². The van der Waals surface area contributed by atoms with Crippen molar-refractivity contribution in [2.45, 2.75) is 33.0 Å². The van der Waals surface area contributed by atoms with Crippen LogP contribution in [0.4, 0.5) is 4.39 Å². The fraction of sp³-hybridized carbons (Fsp3) is 0.400. The molecular weight excluding hydrogens is 257 g/mol. The van der Waals surface area contributed by atoms with Gasteiger partial charge in [-0.1, -0.05) is 19.9 Å². The Hall–Kier alpha value is -1.88. The van der Waals surface area contributed by atoms with Gasteiger partial charge in [-0.15, -0.1) is 0 Å². The van der Waals surface area contributed by atoms with Crippen LogP contribution in [-0.4, -0.2) is 22.7 Å². The predicted molar refractivity (Wildman–Crippen MR) is 76.3 cm³/mol. The molecule has 0 aliphatic carbocycles. The van der Waals surface area contributed by atoms with Crippen LogP contribution in [-0.2, 0) is 13.1 Å². The number of hydrogen-bond acceptors (Lipinski definition) is 3. The number of ether oxygens (including phenoxy) is 1. The van der Waals surface area contributed by atoms with Gasteiger partial charge in [0.25, 0.3) is 0 Å². The summed E-state index contributed by atoms with van der Waals surface area (Å²) < 4.78 is 20.6. The summed E-state index contributed by atoms with van der Waals surface area (Å²) in [5.74, 6) is 0.864. The van der Waals surface area contributed by atoms with Crippen LogP contribution < -0.4 is 10.1 Å². The monoisotopic (exact) mass is 277 g/mol. The van der Waals surface area contributed by atoms with Crippen molar-refractivity contribution in [1.82, 2.24) is 14.9 Å². The summed E-state index contributed by atoms with van der Waals surface area (Å²) in [6, 6.07) is 5.41. The number of nitrogens with one attached hydrogen (secondary N) is 1. The third kappa shape index (κ3) is 3.57. The minimum atomic E-state index is -0.341. The molecule has 20 heavy (non-hydrogen) atoms. The maximum atomic E-state index is 13.7. The molecule has 108 valence electrons. The van der Waals surface area contributed by atoms with E-state index in [1.165, 1.54) is 13.2 Å². The molecule has 1 N–H and O–H groups in total. The van der Waals surface area contributed by atoms with Crippen LogP contribution in [0.25, 0.3) is 0 Å². The van der Waals surface area contributed by atoms with Crippen LogP contribution in [0.1, 0.15) is 25.2 Å². The van der Waals surface area contributed by atoms with Crippen LogP contribution in [0.15, 0.2) is 30.6 Å². The second-order valence-electron chi connectivity index (χ2n) is 4.98. The molecule has 1 heterocycles. The number of hydrogen-bond donors (Lipinski definition) is 1. The summed E-state index contributed by atoms with van der Waals surface area (Å²) in [6.07, 6.45) is 3.66. The van der Waals surface area contributed by atoms with Crippen molar-refractivity contribution in [2.24, 2.45) is 0 Å². The standard InChI is InChI=1S/C15H20FN3O/c1-11(2)18-9-15-17-6-7-19(15)10-12-4-5-14(20-3)13(16)8-12/h4-8,11,18H,9-10H2,1-3H3. The maximum Gasteiger partial charge on any atom is 0.165 e.